The van der Waals surface area contributed by atoms with Gasteiger partial charge in [-0.05, 0) is 12.1 Å². The van der Waals surface area contributed by atoms with Gasteiger partial charge in [-0.2, -0.15) is 0 Å². The first kappa shape index (κ1) is 16.1. The van der Waals surface area contributed by atoms with Crippen molar-refractivity contribution >= 4 is 24.1 Å². The fourth-order valence-electron chi connectivity index (χ4n) is 1.25. The zero-order valence-electron chi connectivity index (χ0n) is 10.1. The summed E-state index contributed by atoms with van der Waals surface area (Å²) >= 11 is 0. The lowest BCUT2D eigenvalue weighted by atomic mass is 10.1. The number of likely N-dealkylation sites (N-methyl/N-ethyl adjacent to an activating group) is 1. The average molecular weight is 274 g/mol. The number of rotatable bonds is 5. The molecule has 0 saturated heterocycles. The van der Waals surface area contributed by atoms with Crippen LogP contribution in [0.5, 0.6) is 11.5 Å². The van der Waals surface area contributed by atoms with Crippen LogP contribution in [0.25, 0.3) is 0 Å². The second-order valence-electron chi connectivity index (χ2n) is 3.21. The van der Waals surface area contributed by atoms with Crippen LogP contribution in [0.15, 0.2) is 18.2 Å². The molecule has 0 aliphatic rings. The number of para-hydroxylation sites is 1. The first-order chi connectivity index (χ1) is 8.10. The second kappa shape index (κ2) is 7.39. The van der Waals surface area contributed by atoms with Gasteiger partial charge in [0.2, 0.25) is 0 Å². The molecule has 1 rings (SSSR count). The van der Waals surface area contributed by atoms with Gasteiger partial charge in [0.25, 0.3) is 5.91 Å². The van der Waals surface area contributed by atoms with Crippen LogP contribution in [-0.4, -0.2) is 32.5 Å². The number of nitrogens with one attached hydrogen (secondary N) is 2. The molecule has 7 heteroatoms. The zero-order chi connectivity index (χ0) is 12.8. The lowest BCUT2D eigenvalue weighted by Gasteiger charge is -2.13. The number of ether oxygens (including phenoxy) is 2. The van der Waals surface area contributed by atoms with Gasteiger partial charge in [-0.25, -0.2) is 0 Å². The second-order valence-corrected chi connectivity index (χ2v) is 3.21. The third-order valence-corrected chi connectivity index (χ3v) is 2.12. The van der Waals surface area contributed by atoms with E-state index in [4.69, 9.17) is 20.6 Å². The topological polar surface area (TPSA) is 97.4 Å². The lowest BCUT2D eigenvalue weighted by Crippen LogP contribution is -2.25. The molecule has 4 N–H and O–H groups in total. The molecular weight excluding hydrogens is 258 g/mol. The molecule has 0 aromatic heterocycles. The lowest BCUT2D eigenvalue weighted by molar-refractivity contribution is -0.122. The monoisotopic (exact) mass is 273 g/mol. The predicted octanol–water partition coefficient (Wildman–Crippen LogP) is 0.526. The number of halogens is 1. The van der Waals surface area contributed by atoms with Crippen LogP contribution >= 0.6 is 12.4 Å². The number of nitrogen functional groups attached to an aromatic ring is 1. The number of methoxy groups -OCH3 is 1. The van der Waals surface area contributed by atoms with Crippen LogP contribution in [-0.2, 0) is 4.79 Å². The van der Waals surface area contributed by atoms with Gasteiger partial charge < -0.3 is 20.5 Å². The molecule has 0 fully saturated rings. The van der Waals surface area contributed by atoms with Gasteiger partial charge in [-0.3, -0.25) is 10.2 Å². The quantitative estimate of drug-likeness (QED) is 0.538. The van der Waals surface area contributed by atoms with Crippen LogP contribution in [0, 0.1) is 5.41 Å². The highest BCUT2D eigenvalue weighted by Crippen LogP contribution is 2.30. The van der Waals surface area contributed by atoms with Crippen LogP contribution in [0.3, 0.4) is 0 Å². The Morgan fingerprint density at radius 1 is 1.50 bits per heavy atom. The average Bonchev–Trinajstić information content (AvgIpc) is 2.35. The summed E-state index contributed by atoms with van der Waals surface area (Å²) in [6, 6.07) is 5.00. The Bertz CT molecular complexity index is 438. The standard InChI is InChI=1S/C11H15N3O3.ClH/c1-14-9(15)6-17-10-7(11(12)13)4-3-5-8(10)16-2;/h3-5H,6H2,1-2H3,(H3,12,13)(H,14,15);1H. The third-order valence-electron chi connectivity index (χ3n) is 2.12. The molecule has 0 bridgehead atoms. The Balaban J connectivity index is 0.00000289. The van der Waals surface area contributed by atoms with E-state index in [9.17, 15) is 4.79 Å². The van der Waals surface area contributed by atoms with Gasteiger partial charge in [0.15, 0.2) is 18.1 Å². The van der Waals surface area contributed by atoms with Gasteiger partial charge >= 0.3 is 0 Å². The smallest absolute Gasteiger partial charge is 0.257 e. The van der Waals surface area contributed by atoms with E-state index in [0.29, 0.717) is 17.1 Å². The zero-order valence-corrected chi connectivity index (χ0v) is 11.0. The molecule has 0 saturated carbocycles. The normalized spacial score (nSPS) is 9.00. The molecule has 0 spiro atoms. The molecule has 0 radical (unpaired) electrons. The molecule has 0 unspecified atom stereocenters. The van der Waals surface area contributed by atoms with Crippen molar-refractivity contribution in [3.8, 4) is 11.5 Å². The minimum atomic E-state index is -0.273. The summed E-state index contributed by atoms with van der Waals surface area (Å²) in [6.07, 6.45) is 0. The highest BCUT2D eigenvalue weighted by Gasteiger charge is 2.13. The fraction of sp³-hybridized carbons (Fsp3) is 0.273. The maximum absolute atomic E-state index is 11.1. The predicted molar refractivity (Wildman–Crippen MR) is 70.8 cm³/mol. The summed E-state index contributed by atoms with van der Waals surface area (Å²) in [5.74, 6) is 0.314. The molecular formula is C11H16ClN3O3. The van der Waals surface area contributed by atoms with E-state index in [-0.39, 0.29) is 30.8 Å². The van der Waals surface area contributed by atoms with Crippen LogP contribution < -0.4 is 20.5 Å². The van der Waals surface area contributed by atoms with Crippen molar-refractivity contribution in [3.63, 3.8) is 0 Å². The summed E-state index contributed by atoms with van der Waals surface area (Å²) < 4.78 is 10.4. The number of nitrogens with two attached hydrogens (primary N) is 1. The summed E-state index contributed by atoms with van der Waals surface area (Å²) in [7, 11) is 2.99. The molecule has 0 heterocycles. The van der Waals surface area contributed by atoms with Crippen molar-refractivity contribution in [2.45, 2.75) is 0 Å². The van der Waals surface area contributed by atoms with Gasteiger partial charge in [-0.15, -0.1) is 12.4 Å². The minimum Gasteiger partial charge on any atom is -0.493 e. The van der Waals surface area contributed by atoms with Gasteiger partial charge in [-0.1, -0.05) is 6.07 Å². The van der Waals surface area contributed by atoms with E-state index in [1.165, 1.54) is 14.2 Å². The third kappa shape index (κ3) is 3.81. The molecule has 0 aliphatic heterocycles. The largest absolute Gasteiger partial charge is 0.493 e. The summed E-state index contributed by atoms with van der Waals surface area (Å²) in [6.45, 7) is -0.156. The molecule has 6 nitrogen and oxygen atoms in total. The van der Waals surface area contributed by atoms with E-state index < -0.39 is 0 Å². The van der Waals surface area contributed by atoms with Crippen LogP contribution in [0.2, 0.25) is 0 Å². The molecule has 0 atom stereocenters. The Kier molecular flexibility index (Phi) is 6.59. The molecule has 1 aromatic carbocycles. The van der Waals surface area contributed by atoms with Crippen molar-refractivity contribution < 1.29 is 14.3 Å². The van der Waals surface area contributed by atoms with E-state index >= 15 is 0 Å². The maximum Gasteiger partial charge on any atom is 0.257 e. The minimum absolute atomic E-state index is 0. The van der Waals surface area contributed by atoms with Crippen molar-refractivity contribution in [3.05, 3.63) is 23.8 Å². The summed E-state index contributed by atoms with van der Waals surface area (Å²) in [4.78, 5) is 11.1. The number of benzene rings is 1. The summed E-state index contributed by atoms with van der Waals surface area (Å²) in [5.41, 5.74) is 5.82. The molecule has 1 amide bonds. The first-order valence-corrected chi connectivity index (χ1v) is 4.95. The molecule has 1 aromatic rings. The number of hydrogen-bond donors (Lipinski definition) is 3. The van der Waals surface area contributed by atoms with Crippen LogP contribution in [0.1, 0.15) is 5.56 Å². The van der Waals surface area contributed by atoms with E-state index in [2.05, 4.69) is 5.32 Å². The maximum atomic E-state index is 11.1. The number of hydrogen-bond acceptors (Lipinski definition) is 4. The number of amides is 1. The van der Waals surface area contributed by atoms with Gasteiger partial charge in [0, 0.05) is 7.05 Å². The Morgan fingerprint density at radius 2 is 2.17 bits per heavy atom. The van der Waals surface area contributed by atoms with Gasteiger partial charge in [0.1, 0.15) is 5.84 Å². The highest BCUT2D eigenvalue weighted by molar-refractivity contribution is 5.98. The molecule has 18 heavy (non-hydrogen) atoms. The first-order valence-electron chi connectivity index (χ1n) is 4.95. The van der Waals surface area contributed by atoms with Crippen LogP contribution in [0.4, 0.5) is 0 Å². The summed E-state index contributed by atoms with van der Waals surface area (Å²) in [5, 5.41) is 9.85. The van der Waals surface area contributed by atoms with Crippen molar-refractivity contribution in [1.82, 2.24) is 5.32 Å². The SMILES string of the molecule is CNC(=O)COc1c(OC)cccc1C(=N)N.Cl. The Hall–Kier alpha value is -1.95. The molecule has 100 valence electrons. The Labute approximate surface area is 111 Å². The number of carbonyl (C=O) groups is 1. The van der Waals surface area contributed by atoms with E-state index in [0.717, 1.165) is 0 Å². The number of amidine groups is 1. The van der Waals surface area contributed by atoms with E-state index in [1.54, 1.807) is 18.2 Å². The van der Waals surface area contributed by atoms with Crippen molar-refractivity contribution in [2.75, 3.05) is 20.8 Å². The number of carbonyl (C=O) groups excluding carboxylic acids is 1. The highest BCUT2D eigenvalue weighted by atomic mass is 35.5. The Morgan fingerprint density at radius 3 is 2.67 bits per heavy atom. The molecule has 0 aliphatic carbocycles. The van der Waals surface area contributed by atoms with Crippen molar-refractivity contribution in [2.24, 2.45) is 5.73 Å². The van der Waals surface area contributed by atoms with E-state index in [1.807, 2.05) is 0 Å². The van der Waals surface area contributed by atoms with Crippen molar-refractivity contribution in [1.29, 1.82) is 5.41 Å². The van der Waals surface area contributed by atoms with Gasteiger partial charge in [0.05, 0.1) is 12.7 Å². The fourth-order valence-corrected chi connectivity index (χ4v) is 1.25.